The van der Waals surface area contributed by atoms with E-state index in [0.29, 0.717) is 0 Å². The van der Waals surface area contributed by atoms with Crippen molar-refractivity contribution in [3.63, 3.8) is 0 Å². The molecule has 0 radical (unpaired) electrons. The van der Waals surface area contributed by atoms with E-state index < -0.39 is 0 Å². The lowest BCUT2D eigenvalue weighted by Gasteiger charge is -2.13. The Bertz CT molecular complexity index is 473. The van der Waals surface area contributed by atoms with Gasteiger partial charge < -0.3 is 10.2 Å². The van der Waals surface area contributed by atoms with Gasteiger partial charge in [-0.25, -0.2) is 0 Å². The van der Waals surface area contributed by atoms with E-state index in [2.05, 4.69) is 5.32 Å². The fourth-order valence-corrected chi connectivity index (χ4v) is 3.04. The molecule has 1 aliphatic heterocycles. The fourth-order valence-electron chi connectivity index (χ4n) is 2.17. The third-order valence-electron chi connectivity index (χ3n) is 3.40. The molecule has 0 unspecified atom stereocenters. The van der Waals surface area contributed by atoms with E-state index in [1.165, 1.54) is 11.3 Å². The largest absolute Gasteiger partial charge is 0.338 e. The molecule has 96 valence electrons. The van der Waals surface area contributed by atoms with Crippen LogP contribution in [0.2, 0.25) is 0 Å². The Kier molecular flexibility index (Phi) is 3.07. The zero-order valence-corrected chi connectivity index (χ0v) is 11.0. The number of nitrogens with zero attached hydrogens (tertiary/aromatic N) is 1. The minimum Gasteiger partial charge on any atom is -0.338 e. The van der Waals surface area contributed by atoms with E-state index in [1.54, 1.807) is 0 Å². The summed E-state index contributed by atoms with van der Waals surface area (Å²) < 4.78 is 0. The predicted molar refractivity (Wildman–Crippen MR) is 70.8 cm³/mol. The molecule has 4 nitrogen and oxygen atoms in total. The standard InChI is InChI=1S/C13H16N2O2S/c16-12(9-3-4-9)14-11-6-5-10(18-11)13(17)15-7-1-2-8-15/h5-6,9H,1-4,7-8H2,(H,14,16). The molecule has 2 heterocycles. The van der Waals surface area contributed by atoms with Gasteiger partial charge in [0.15, 0.2) is 0 Å². The van der Waals surface area contributed by atoms with Crippen LogP contribution in [0.25, 0.3) is 0 Å². The minimum atomic E-state index is 0.0945. The summed E-state index contributed by atoms with van der Waals surface area (Å²) in [6.07, 6.45) is 4.19. The molecule has 1 aromatic heterocycles. The predicted octanol–water partition coefficient (Wildman–Crippen LogP) is 2.33. The van der Waals surface area contributed by atoms with Crippen LogP contribution in [-0.2, 0) is 4.79 Å². The summed E-state index contributed by atoms with van der Waals surface area (Å²) in [6.45, 7) is 1.72. The van der Waals surface area contributed by atoms with Gasteiger partial charge in [-0.2, -0.15) is 0 Å². The molecule has 1 saturated heterocycles. The van der Waals surface area contributed by atoms with Crippen LogP contribution in [0, 0.1) is 5.92 Å². The number of anilines is 1. The molecule has 2 fully saturated rings. The Morgan fingerprint density at radius 3 is 2.61 bits per heavy atom. The molecule has 0 spiro atoms. The average Bonchev–Trinajstić information content (AvgIpc) is 2.90. The lowest BCUT2D eigenvalue weighted by Crippen LogP contribution is -2.26. The first-order valence-corrected chi connectivity index (χ1v) is 7.25. The van der Waals surface area contributed by atoms with Crippen LogP contribution < -0.4 is 5.32 Å². The van der Waals surface area contributed by atoms with Gasteiger partial charge in [0, 0.05) is 19.0 Å². The van der Waals surface area contributed by atoms with Gasteiger partial charge in [0.05, 0.1) is 9.88 Å². The number of hydrogen-bond donors (Lipinski definition) is 1. The summed E-state index contributed by atoms with van der Waals surface area (Å²) in [6, 6.07) is 3.64. The van der Waals surface area contributed by atoms with Crippen molar-refractivity contribution in [1.29, 1.82) is 0 Å². The molecule has 1 saturated carbocycles. The lowest BCUT2D eigenvalue weighted by atomic mass is 10.4. The van der Waals surface area contributed by atoms with E-state index in [9.17, 15) is 9.59 Å². The second kappa shape index (κ2) is 4.72. The first-order valence-electron chi connectivity index (χ1n) is 6.44. The smallest absolute Gasteiger partial charge is 0.263 e. The Morgan fingerprint density at radius 2 is 1.94 bits per heavy atom. The zero-order chi connectivity index (χ0) is 12.5. The summed E-state index contributed by atoms with van der Waals surface area (Å²) in [4.78, 5) is 26.3. The molecule has 0 bridgehead atoms. The van der Waals surface area contributed by atoms with E-state index >= 15 is 0 Å². The van der Waals surface area contributed by atoms with Crippen LogP contribution in [0.4, 0.5) is 5.00 Å². The molecule has 0 atom stereocenters. The molecule has 1 aromatic rings. The summed E-state index contributed by atoms with van der Waals surface area (Å²) in [5.74, 6) is 0.395. The van der Waals surface area contributed by atoms with Crippen LogP contribution >= 0.6 is 11.3 Å². The topological polar surface area (TPSA) is 49.4 Å². The highest BCUT2D eigenvalue weighted by Gasteiger charge is 2.30. The number of carbonyl (C=O) groups excluding carboxylic acids is 2. The molecular formula is C13H16N2O2S. The maximum Gasteiger partial charge on any atom is 0.263 e. The van der Waals surface area contributed by atoms with E-state index in [0.717, 1.165) is 48.7 Å². The number of likely N-dealkylation sites (tertiary alicyclic amines) is 1. The molecule has 3 rings (SSSR count). The molecule has 18 heavy (non-hydrogen) atoms. The van der Waals surface area contributed by atoms with E-state index in [1.807, 2.05) is 17.0 Å². The number of carbonyl (C=O) groups is 2. The number of amides is 2. The van der Waals surface area contributed by atoms with E-state index in [-0.39, 0.29) is 17.7 Å². The highest BCUT2D eigenvalue weighted by atomic mass is 32.1. The quantitative estimate of drug-likeness (QED) is 0.911. The first kappa shape index (κ1) is 11.7. The second-order valence-electron chi connectivity index (χ2n) is 4.93. The maximum absolute atomic E-state index is 12.1. The Balaban J connectivity index is 1.64. The van der Waals surface area contributed by atoms with Crippen LogP contribution in [-0.4, -0.2) is 29.8 Å². The molecule has 2 aliphatic rings. The molecule has 0 aromatic carbocycles. The average molecular weight is 264 g/mol. The number of thiophene rings is 1. The summed E-state index contributed by atoms with van der Waals surface area (Å²) in [7, 11) is 0. The molecule has 1 N–H and O–H groups in total. The van der Waals surface area contributed by atoms with Crippen LogP contribution in [0.5, 0.6) is 0 Å². The van der Waals surface area contributed by atoms with Crippen LogP contribution in [0.3, 0.4) is 0 Å². The van der Waals surface area contributed by atoms with Gasteiger partial charge in [-0.05, 0) is 37.8 Å². The number of rotatable bonds is 3. The third kappa shape index (κ3) is 2.41. The van der Waals surface area contributed by atoms with Crippen molar-refractivity contribution in [1.82, 2.24) is 4.90 Å². The Labute approximate surface area is 110 Å². The molecular weight excluding hydrogens is 248 g/mol. The first-order chi connectivity index (χ1) is 8.74. The van der Waals surface area contributed by atoms with Crippen molar-refractivity contribution in [3.05, 3.63) is 17.0 Å². The van der Waals surface area contributed by atoms with Gasteiger partial charge in [0.25, 0.3) is 5.91 Å². The zero-order valence-electron chi connectivity index (χ0n) is 10.1. The van der Waals surface area contributed by atoms with Gasteiger partial charge >= 0.3 is 0 Å². The van der Waals surface area contributed by atoms with Crippen molar-refractivity contribution in [2.45, 2.75) is 25.7 Å². The SMILES string of the molecule is O=C(Nc1ccc(C(=O)N2CCCC2)s1)C1CC1. The lowest BCUT2D eigenvalue weighted by molar-refractivity contribution is -0.117. The van der Waals surface area contributed by atoms with Gasteiger partial charge in [0.1, 0.15) is 0 Å². The third-order valence-corrected chi connectivity index (χ3v) is 4.39. The summed E-state index contributed by atoms with van der Waals surface area (Å²) in [5, 5.41) is 3.67. The van der Waals surface area contributed by atoms with Crippen molar-refractivity contribution in [2.75, 3.05) is 18.4 Å². The van der Waals surface area contributed by atoms with Gasteiger partial charge in [-0.1, -0.05) is 0 Å². The Morgan fingerprint density at radius 1 is 1.22 bits per heavy atom. The summed E-state index contributed by atoms with van der Waals surface area (Å²) in [5.41, 5.74) is 0. The van der Waals surface area contributed by atoms with Gasteiger partial charge in [-0.15, -0.1) is 11.3 Å². The summed E-state index contributed by atoms with van der Waals surface area (Å²) >= 11 is 1.38. The monoisotopic (exact) mass is 264 g/mol. The minimum absolute atomic E-state index is 0.0945. The van der Waals surface area contributed by atoms with Crippen molar-refractivity contribution < 1.29 is 9.59 Å². The maximum atomic E-state index is 12.1. The second-order valence-corrected chi connectivity index (χ2v) is 6.01. The normalized spacial score (nSPS) is 19.0. The molecule has 2 amide bonds. The number of nitrogens with one attached hydrogen (secondary N) is 1. The fraction of sp³-hybridized carbons (Fsp3) is 0.538. The van der Waals surface area contributed by atoms with E-state index in [4.69, 9.17) is 0 Å². The molecule has 5 heteroatoms. The highest BCUT2D eigenvalue weighted by molar-refractivity contribution is 7.18. The molecule has 1 aliphatic carbocycles. The van der Waals surface area contributed by atoms with Gasteiger partial charge in [0.2, 0.25) is 5.91 Å². The van der Waals surface area contributed by atoms with Crippen molar-refractivity contribution in [2.24, 2.45) is 5.92 Å². The van der Waals surface area contributed by atoms with Crippen molar-refractivity contribution in [3.8, 4) is 0 Å². The Hall–Kier alpha value is -1.36. The van der Waals surface area contributed by atoms with Crippen LogP contribution in [0.15, 0.2) is 12.1 Å². The number of hydrogen-bond acceptors (Lipinski definition) is 3. The highest BCUT2D eigenvalue weighted by Crippen LogP contribution is 2.32. The van der Waals surface area contributed by atoms with Gasteiger partial charge in [-0.3, -0.25) is 9.59 Å². The van der Waals surface area contributed by atoms with Crippen LogP contribution in [0.1, 0.15) is 35.4 Å². The van der Waals surface area contributed by atoms with Crippen molar-refractivity contribution >= 4 is 28.2 Å².